The SMILES string of the molecule is CNCc1cc(Nc2ncc3c(n2)N(C)CN(c2c(Cl)cccc2Cl)C3=O)ccc1N1CCN(C(C)=O)CC1. The lowest BCUT2D eigenvalue weighted by molar-refractivity contribution is -0.129. The third-order valence-electron chi connectivity index (χ3n) is 6.94. The van der Waals surface area contributed by atoms with E-state index < -0.39 is 0 Å². The van der Waals surface area contributed by atoms with Crippen molar-refractivity contribution in [2.45, 2.75) is 13.5 Å². The highest BCUT2D eigenvalue weighted by atomic mass is 35.5. The van der Waals surface area contributed by atoms with Crippen LogP contribution in [-0.4, -0.2) is 73.6 Å². The summed E-state index contributed by atoms with van der Waals surface area (Å²) in [4.78, 5) is 41.7. The van der Waals surface area contributed by atoms with Gasteiger partial charge >= 0.3 is 0 Å². The number of halogens is 2. The van der Waals surface area contributed by atoms with Gasteiger partial charge in [0.2, 0.25) is 11.9 Å². The number of rotatable bonds is 6. The summed E-state index contributed by atoms with van der Waals surface area (Å²) in [5.41, 5.74) is 3.91. The zero-order valence-corrected chi connectivity index (χ0v) is 23.6. The molecule has 2 aliphatic rings. The standard InChI is InChI=1S/C27H30Cl2N8O2/c1-17(38)35-9-11-36(12-10-35)23-8-7-19(13-18(23)14-30-2)32-27-31-15-20-25(33-27)34(3)16-37(26(20)39)24-21(28)5-4-6-22(24)29/h4-8,13,15,30H,9-12,14,16H2,1-3H3,(H,31,32,33). The summed E-state index contributed by atoms with van der Waals surface area (Å²) < 4.78 is 0. The van der Waals surface area contributed by atoms with Crippen molar-refractivity contribution in [2.24, 2.45) is 0 Å². The minimum absolute atomic E-state index is 0.113. The Morgan fingerprint density at radius 1 is 1.08 bits per heavy atom. The molecule has 0 aliphatic carbocycles. The van der Waals surface area contributed by atoms with E-state index in [9.17, 15) is 9.59 Å². The molecule has 2 N–H and O–H groups in total. The van der Waals surface area contributed by atoms with Gasteiger partial charge in [0, 0.05) is 64.3 Å². The number of nitrogens with one attached hydrogen (secondary N) is 2. The zero-order valence-electron chi connectivity index (χ0n) is 22.0. The van der Waals surface area contributed by atoms with E-state index in [1.54, 1.807) is 25.1 Å². The third kappa shape index (κ3) is 5.45. The molecular formula is C27H30Cl2N8O2. The van der Waals surface area contributed by atoms with Crippen molar-refractivity contribution in [1.82, 2.24) is 20.2 Å². The molecule has 2 aliphatic heterocycles. The van der Waals surface area contributed by atoms with Gasteiger partial charge in [-0.2, -0.15) is 4.98 Å². The molecule has 2 amide bonds. The highest BCUT2D eigenvalue weighted by Crippen LogP contribution is 2.37. The van der Waals surface area contributed by atoms with Crippen molar-refractivity contribution < 1.29 is 9.59 Å². The summed E-state index contributed by atoms with van der Waals surface area (Å²) in [7, 11) is 3.77. The van der Waals surface area contributed by atoms with Gasteiger partial charge in [-0.3, -0.25) is 14.5 Å². The zero-order chi connectivity index (χ0) is 27.7. The maximum atomic E-state index is 13.3. The average Bonchev–Trinajstić information content (AvgIpc) is 2.92. The van der Waals surface area contributed by atoms with Crippen LogP contribution < -0.4 is 25.3 Å². The summed E-state index contributed by atoms with van der Waals surface area (Å²) in [6, 6.07) is 11.3. The number of hydrogen-bond acceptors (Lipinski definition) is 8. The van der Waals surface area contributed by atoms with E-state index in [1.165, 1.54) is 11.1 Å². The molecule has 5 rings (SSSR count). The first-order chi connectivity index (χ1) is 18.8. The number of piperazine rings is 1. The van der Waals surface area contributed by atoms with Crippen molar-refractivity contribution in [3.63, 3.8) is 0 Å². The minimum atomic E-state index is -0.268. The fraction of sp³-hybridized carbons (Fsp3) is 0.333. The maximum absolute atomic E-state index is 13.3. The van der Waals surface area contributed by atoms with Crippen LogP contribution >= 0.6 is 23.2 Å². The molecule has 0 unspecified atom stereocenters. The number of anilines is 5. The van der Waals surface area contributed by atoms with E-state index in [1.807, 2.05) is 30.0 Å². The van der Waals surface area contributed by atoms with Crippen LogP contribution in [0.3, 0.4) is 0 Å². The topological polar surface area (TPSA) is 96.9 Å². The largest absolute Gasteiger partial charge is 0.368 e. The molecular weight excluding hydrogens is 539 g/mol. The number of fused-ring (bicyclic) bond motifs is 1. The number of carbonyl (C=O) groups excluding carboxylic acids is 2. The molecule has 1 saturated heterocycles. The van der Waals surface area contributed by atoms with Crippen LogP contribution in [0.1, 0.15) is 22.8 Å². The Bertz CT molecular complexity index is 1390. The van der Waals surface area contributed by atoms with E-state index in [0.717, 1.165) is 30.0 Å². The predicted octanol–water partition coefficient (Wildman–Crippen LogP) is 3.97. The van der Waals surface area contributed by atoms with E-state index in [-0.39, 0.29) is 18.5 Å². The molecule has 1 fully saturated rings. The van der Waals surface area contributed by atoms with Crippen molar-refractivity contribution in [2.75, 3.05) is 67.0 Å². The quantitative estimate of drug-likeness (QED) is 0.461. The van der Waals surface area contributed by atoms with Crippen LogP contribution in [0.4, 0.5) is 28.8 Å². The van der Waals surface area contributed by atoms with Crippen LogP contribution in [0.15, 0.2) is 42.6 Å². The van der Waals surface area contributed by atoms with Gasteiger partial charge in [-0.1, -0.05) is 29.3 Å². The molecule has 0 spiro atoms. The molecule has 2 aromatic carbocycles. The number of nitrogens with zero attached hydrogens (tertiary/aromatic N) is 6. The molecule has 0 bridgehead atoms. The van der Waals surface area contributed by atoms with Crippen LogP contribution in [0.2, 0.25) is 10.0 Å². The van der Waals surface area contributed by atoms with Gasteiger partial charge in [0.25, 0.3) is 5.91 Å². The van der Waals surface area contributed by atoms with E-state index in [4.69, 9.17) is 23.2 Å². The first-order valence-electron chi connectivity index (χ1n) is 12.7. The Morgan fingerprint density at radius 3 is 2.46 bits per heavy atom. The fourth-order valence-corrected chi connectivity index (χ4v) is 5.58. The molecule has 0 saturated carbocycles. The van der Waals surface area contributed by atoms with E-state index >= 15 is 0 Å². The number of amides is 2. The maximum Gasteiger partial charge on any atom is 0.265 e. The fourth-order valence-electron chi connectivity index (χ4n) is 4.98. The molecule has 10 nitrogen and oxygen atoms in total. The minimum Gasteiger partial charge on any atom is -0.368 e. The smallest absolute Gasteiger partial charge is 0.265 e. The average molecular weight is 569 g/mol. The van der Waals surface area contributed by atoms with Crippen LogP contribution in [-0.2, 0) is 11.3 Å². The van der Waals surface area contributed by atoms with Gasteiger partial charge in [0.1, 0.15) is 11.4 Å². The van der Waals surface area contributed by atoms with Gasteiger partial charge in [-0.05, 0) is 42.9 Å². The Labute approximate surface area is 237 Å². The number of benzene rings is 2. The number of para-hydroxylation sites is 1. The highest BCUT2D eigenvalue weighted by Gasteiger charge is 2.32. The van der Waals surface area contributed by atoms with E-state index in [0.29, 0.717) is 52.7 Å². The van der Waals surface area contributed by atoms with Crippen molar-refractivity contribution in [3.05, 3.63) is 63.8 Å². The second-order valence-corrected chi connectivity index (χ2v) is 10.4. The van der Waals surface area contributed by atoms with Gasteiger partial charge in [-0.25, -0.2) is 4.98 Å². The second kappa shape index (κ2) is 11.3. The first kappa shape index (κ1) is 27.0. The predicted molar refractivity (Wildman–Crippen MR) is 156 cm³/mol. The van der Waals surface area contributed by atoms with Gasteiger partial charge in [-0.15, -0.1) is 0 Å². The second-order valence-electron chi connectivity index (χ2n) is 9.57. The summed E-state index contributed by atoms with van der Waals surface area (Å²) in [5.74, 6) is 0.751. The summed E-state index contributed by atoms with van der Waals surface area (Å²) in [6.07, 6.45) is 1.53. The molecule has 1 aromatic heterocycles. The van der Waals surface area contributed by atoms with E-state index in [2.05, 4.69) is 37.6 Å². The molecule has 204 valence electrons. The van der Waals surface area contributed by atoms with Crippen molar-refractivity contribution >= 4 is 63.8 Å². The molecule has 3 aromatic rings. The lowest BCUT2D eigenvalue weighted by Gasteiger charge is -2.36. The first-order valence-corrected chi connectivity index (χ1v) is 13.4. The lowest BCUT2D eigenvalue weighted by Crippen LogP contribution is -2.48. The lowest BCUT2D eigenvalue weighted by atomic mass is 10.1. The molecule has 12 heteroatoms. The Morgan fingerprint density at radius 2 is 1.79 bits per heavy atom. The summed E-state index contributed by atoms with van der Waals surface area (Å²) in [5, 5.41) is 7.32. The van der Waals surface area contributed by atoms with Gasteiger partial charge < -0.3 is 25.3 Å². The number of aromatic nitrogens is 2. The van der Waals surface area contributed by atoms with Gasteiger partial charge in [0.05, 0.1) is 22.4 Å². The number of hydrogen-bond donors (Lipinski definition) is 2. The van der Waals surface area contributed by atoms with Crippen molar-refractivity contribution in [1.29, 1.82) is 0 Å². The normalized spacial score (nSPS) is 15.5. The van der Waals surface area contributed by atoms with Crippen LogP contribution in [0.5, 0.6) is 0 Å². The Hall–Kier alpha value is -3.60. The molecule has 0 radical (unpaired) electrons. The summed E-state index contributed by atoms with van der Waals surface area (Å²) >= 11 is 12.7. The van der Waals surface area contributed by atoms with Crippen molar-refractivity contribution in [3.8, 4) is 0 Å². The van der Waals surface area contributed by atoms with Crippen LogP contribution in [0, 0.1) is 0 Å². The number of carbonyl (C=O) groups is 2. The third-order valence-corrected chi connectivity index (χ3v) is 7.55. The molecule has 0 atom stereocenters. The summed E-state index contributed by atoms with van der Waals surface area (Å²) in [6.45, 7) is 5.53. The monoisotopic (exact) mass is 568 g/mol. The Kier molecular flexibility index (Phi) is 7.79. The molecule has 3 heterocycles. The molecule has 39 heavy (non-hydrogen) atoms. The highest BCUT2D eigenvalue weighted by molar-refractivity contribution is 6.40. The Balaban J connectivity index is 1.36. The van der Waals surface area contributed by atoms with Crippen LogP contribution in [0.25, 0.3) is 0 Å². The van der Waals surface area contributed by atoms with Gasteiger partial charge in [0.15, 0.2) is 0 Å².